The number of carbonyl (C=O) groups is 1. The van der Waals surface area contributed by atoms with Gasteiger partial charge in [-0.15, -0.1) is 0 Å². The lowest BCUT2D eigenvalue weighted by Crippen LogP contribution is -2.06. The SMILES string of the molecule is C=C1C=NC(=O)N=C1C. The van der Waals surface area contributed by atoms with Gasteiger partial charge < -0.3 is 0 Å². The largest absolute Gasteiger partial charge is 0.367 e. The fraction of sp³-hybridized carbons (Fsp3) is 0.167. The minimum absolute atomic E-state index is 0.445. The third kappa shape index (κ3) is 1.10. The molecule has 3 heteroatoms. The second-order valence-electron chi connectivity index (χ2n) is 1.76. The summed E-state index contributed by atoms with van der Waals surface area (Å²) in [5.41, 5.74) is 1.35. The third-order valence-corrected chi connectivity index (χ3v) is 1.06. The number of urea groups is 1. The summed E-state index contributed by atoms with van der Waals surface area (Å²) in [6.07, 6.45) is 1.42. The van der Waals surface area contributed by atoms with Crippen LogP contribution in [0.1, 0.15) is 6.92 Å². The van der Waals surface area contributed by atoms with E-state index in [1.54, 1.807) is 6.92 Å². The monoisotopic (exact) mass is 122 g/mol. The molecule has 0 saturated carbocycles. The molecule has 3 nitrogen and oxygen atoms in total. The van der Waals surface area contributed by atoms with E-state index < -0.39 is 6.03 Å². The highest BCUT2D eigenvalue weighted by Gasteiger charge is 2.04. The molecule has 0 N–H and O–H groups in total. The van der Waals surface area contributed by atoms with E-state index >= 15 is 0 Å². The van der Waals surface area contributed by atoms with Crippen LogP contribution in [0.4, 0.5) is 4.79 Å². The normalized spacial score (nSPS) is 18.1. The van der Waals surface area contributed by atoms with Gasteiger partial charge in [-0.3, -0.25) is 0 Å². The molecule has 2 amide bonds. The van der Waals surface area contributed by atoms with Crippen molar-refractivity contribution in [3.05, 3.63) is 12.2 Å². The average molecular weight is 122 g/mol. The molecule has 0 unspecified atom stereocenters. The number of allylic oxidation sites excluding steroid dienone is 1. The number of hydrogen-bond acceptors (Lipinski definition) is 1. The fourth-order valence-electron chi connectivity index (χ4n) is 0.471. The number of carbonyl (C=O) groups excluding carboxylic acids is 1. The molecule has 9 heavy (non-hydrogen) atoms. The maximum absolute atomic E-state index is 10.4. The standard InChI is InChI=1S/C6H6N2O/c1-4-3-7-6(9)8-5(4)2/h3H,1H2,2H3. The van der Waals surface area contributed by atoms with Gasteiger partial charge in [-0.25, -0.2) is 4.79 Å². The van der Waals surface area contributed by atoms with Gasteiger partial charge in [0.1, 0.15) is 0 Å². The Morgan fingerprint density at radius 1 is 1.67 bits per heavy atom. The molecule has 0 aliphatic carbocycles. The van der Waals surface area contributed by atoms with Gasteiger partial charge >= 0.3 is 6.03 Å². The van der Waals surface area contributed by atoms with Crippen LogP contribution in [0.25, 0.3) is 0 Å². The molecule has 1 aliphatic heterocycles. The number of hydrogen-bond donors (Lipinski definition) is 0. The van der Waals surface area contributed by atoms with Crippen LogP contribution < -0.4 is 0 Å². The van der Waals surface area contributed by atoms with Crippen molar-refractivity contribution in [2.24, 2.45) is 9.98 Å². The quantitative estimate of drug-likeness (QED) is 0.476. The van der Waals surface area contributed by atoms with E-state index in [9.17, 15) is 4.79 Å². The second-order valence-corrected chi connectivity index (χ2v) is 1.76. The Hall–Kier alpha value is -1.25. The van der Waals surface area contributed by atoms with Crippen molar-refractivity contribution < 1.29 is 4.79 Å². The molecule has 0 aromatic carbocycles. The van der Waals surface area contributed by atoms with E-state index in [0.29, 0.717) is 11.3 Å². The topological polar surface area (TPSA) is 41.8 Å². The van der Waals surface area contributed by atoms with Crippen LogP contribution in [0.15, 0.2) is 22.1 Å². The predicted molar refractivity (Wildman–Crippen MR) is 36.1 cm³/mol. The number of amides is 2. The Morgan fingerprint density at radius 3 is 2.78 bits per heavy atom. The van der Waals surface area contributed by atoms with E-state index in [0.717, 1.165) is 0 Å². The summed E-state index contributed by atoms with van der Waals surface area (Å²) in [5.74, 6) is 0. The highest BCUT2D eigenvalue weighted by atomic mass is 16.2. The van der Waals surface area contributed by atoms with Crippen LogP contribution in [-0.2, 0) is 0 Å². The van der Waals surface area contributed by atoms with Gasteiger partial charge in [0.2, 0.25) is 0 Å². The van der Waals surface area contributed by atoms with E-state index in [1.165, 1.54) is 6.21 Å². The van der Waals surface area contributed by atoms with Gasteiger partial charge in [-0.05, 0) is 6.92 Å². The molecule has 1 heterocycles. The Labute approximate surface area is 52.8 Å². The van der Waals surface area contributed by atoms with Crippen molar-refractivity contribution in [1.29, 1.82) is 0 Å². The third-order valence-electron chi connectivity index (χ3n) is 1.06. The summed E-state index contributed by atoms with van der Waals surface area (Å²) >= 11 is 0. The maximum Gasteiger partial charge on any atom is 0.367 e. The van der Waals surface area contributed by atoms with E-state index in [4.69, 9.17) is 0 Å². The summed E-state index contributed by atoms with van der Waals surface area (Å²) in [5, 5.41) is 0. The highest BCUT2D eigenvalue weighted by molar-refractivity contribution is 6.21. The molecule has 46 valence electrons. The van der Waals surface area contributed by atoms with Crippen LogP contribution in [0.2, 0.25) is 0 Å². The molecule has 0 atom stereocenters. The highest BCUT2D eigenvalue weighted by Crippen LogP contribution is 1.99. The van der Waals surface area contributed by atoms with E-state index in [2.05, 4.69) is 16.6 Å². The van der Waals surface area contributed by atoms with E-state index in [1.807, 2.05) is 0 Å². The van der Waals surface area contributed by atoms with Crippen LogP contribution in [-0.4, -0.2) is 18.0 Å². The Kier molecular flexibility index (Phi) is 1.26. The Balaban J connectivity index is 2.95. The fourth-order valence-corrected chi connectivity index (χ4v) is 0.471. The lowest BCUT2D eigenvalue weighted by atomic mass is 10.2. The van der Waals surface area contributed by atoms with Crippen LogP contribution in [0, 0.1) is 0 Å². The van der Waals surface area contributed by atoms with Crippen molar-refractivity contribution in [3.63, 3.8) is 0 Å². The molecule has 0 aromatic heterocycles. The lowest BCUT2D eigenvalue weighted by Gasteiger charge is -1.99. The molecule has 0 aromatic rings. The second kappa shape index (κ2) is 1.93. The average Bonchev–Trinajstić information content (AvgIpc) is 1.80. The van der Waals surface area contributed by atoms with Gasteiger partial charge in [-0.1, -0.05) is 6.58 Å². The van der Waals surface area contributed by atoms with Gasteiger partial charge in [-0.2, -0.15) is 9.98 Å². The zero-order valence-corrected chi connectivity index (χ0v) is 5.09. The molecule has 0 saturated heterocycles. The smallest absolute Gasteiger partial charge is 0.244 e. The first-order valence-electron chi connectivity index (χ1n) is 2.53. The number of aliphatic imine (C=N–C) groups is 2. The first-order valence-corrected chi connectivity index (χ1v) is 2.53. The van der Waals surface area contributed by atoms with Gasteiger partial charge in [0.05, 0.1) is 5.71 Å². The molecule has 1 rings (SSSR count). The van der Waals surface area contributed by atoms with Crippen LogP contribution in [0.5, 0.6) is 0 Å². The summed E-state index contributed by atoms with van der Waals surface area (Å²) in [6, 6.07) is -0.445. The zero-order valence-electron chi connectivity index (χ0n) is 5.09. The summed E-state index contributed by atoms with van der Waals surface area (Å²) in [7, 11) is 0. The molecular weight excluding hydrogens is 116 g/mol. The van der Waals surface area contributed by atoms with Crippen molar-refractivity contribution in [1.82, 2.24) is 0 Å². The van der Waals surface area contributed by atoms with Crippen LogP contribution >= 0.6 is 0 Å². The van der Waals surface area contributed by atoms with Crippen molar-refractivity contribution in [3.8, 4) is 0 Å². The molecular formula is C6H6N2O. The minimum atomic E-state index is -0.445. The van der Waals surface area contributed by atoms with Crippen molar-refractivity contribution >= 4 is 18.0 Å². The first-order chi connectivity index (χ1) is 4.20. The van der Waals surface area contributed by atoms with Crippen molar-refractivity contribution in [2.75, 3.05) is 0 Å². The van der Waals surface area contributed by atoms with Gasteiger partial charge in [0.15, 0.2) is 0 Å². The Bertz CT molecular complexity index is 225. The summed E-state index contributed by atoms with van der Waals surface area (Å²) < 4.78 is 0. The molecule has 0 radical (unpaired) electrons. The van der Waals surface area contributed by atoms with Crippen molar-refractivity contribution in [2.45, 2.75) is 6.92 Å². The lowest BCUT2D eigenvalue weighted by molar-refractivity contribution is 0.257. The van der Waals surface area contributed by atoms with Crippen LogP contribution in [0.3, 0.4) is 0 Å². The first kappa shape index (κ1) is 5.88. The summed E-state index contributed by atoms with van der Waals surface area (Å²) in [6.45, 7) is 5.32. The Morgan fingerprint density at radius 2 is 2.33 bits per heavy atom. The number of nitrogens with zero attached hydrogens (tertiary/aromatic N) is 2. The molecule has 0 bridgehead atoms. The zero-order chi connectivity index (χ0) is 6.85. The molecule has 0 fully saturated rings. The van der Waals surface area contributed by atoms with Gasteiger partial charge in [0, 0.05) is 11.8 Å². The summed E-state index contributed by atoms with van der Waals surface area (Å²) in [4.78, 5) is 17.3. The van der Waals surface area contributed by atoms with Gasteiger partial charge in [0.25, 0.3) is 0 Å². The number of rotatable bonds is 0. The molecule has 1 aliphatic rings. The maximum atomic E-state index is 10.4. The minimum Gasteiger partial charge on any atom is -0.244 e. The van der Waals surface area contributed by atoms with E-state index in [-0.39, 0.29) is 0 Å². The predicted octanol–water partition coefficient (Wildman–Crippen LogP) is 1.21. The molecule has 0 spiro atoms.